The molecule has 3 aliphatic heterocycles. The van der Waals surface area contributed by atoms with Crippen molar-refractivity contribution in [2.24, 2.45) is 0 Å². The van der Waals surface area contributed by atoms with Crippen LogP contribution in [-0.4, -0.2) is 54.6 Å². The van der Waals surface area contributed by atoms with Crippen LogP contribution in [0.2, 0.25) is 0 Å². The number of anilines is 1. The predicted octanol–water partition coefficient (Wildman–Crippen LogP) is 3.26. The summed E-state index contributed by atoms with van der Waals surface area (Å²) in [5, 5.41) is 9.02. The molecule has 3 unspecified atom stereocenters. The van der Waals surface area contributed by atoms with E-state index in [0.717, 1.165) is 26.2 Å². The van der Waals surface area contributed by atoms with Crippen molar-refractivity contribution in [1.82, 2.24) is 15.5 Å². The van der Waals surface area contributed by atoms with E-state index in [1.54, 1.807) is 11.8 Å². The summed E-state index contributed by atoms with van der Waals surface area (Å²) in [4.78, 5) is 17.7. The highest BCUT2D eigenvalue weighted by atomic mass is 32.2. The molecule has 3 atom stereocenters. The van der Waals surface area contributed by atoms with E-state index in [1.165, 1.54) is 33.5 Å². The first-order chi connectivity index (χ1) is 15.0. The van der Waals surface area contributed by atoms with Gasteiger partial charge in [0.1, 0.15) is 11.5 Å². The quantitative estimate of drug-likeness (QED) is 0.777. The first-order valence-electron chi connectivity index (χ1n) is 11.0. The Bertz CT molecular complexity index is 1010. The van der Waals surface area contributed by atoms with Crippen LogP contribution in [0.25, 0.3) is 5.57 Å². The Morgan fingerprint density at radius 3 is 2.39 bits per heavy atom. The summed E-state index contributed by atoms with van der Waals surface area (Å²) in [6.45, 7) is 10.2. The molecule has 5 nitrogen and oxygen atoms in total. The Morgan fingerprint density at radius 2 is 1.65 bits per heavy atom. The van der Waals surface area contributed by atoms with Gasteiger partial charge >= 0.3 is 0 Å². The summed E-state index contributed by atoms with van der Waals surface area (Å²) in [7, 11) is 0. The largest absolute Gasteiger partial charge is 0.369 e. The molecule has 2 aromatic rings. The Labute approximate surface area is 188 Å². The van der Waals surface area contributed by atoms with Gasteiger partial charge in [-0.3, -0.25) is 15.0 Å². The van der Waals surface area contributed by atoms with Crippen molar-refractivity contribution < 1.29 is 4.79 Å². The Kier molecular flexibility index (Phi) is 5.54. The minimum Gasteiger partial charge on any atom is -0.369 e. The van der Waals surface area contributed by atoms with Gasteiger partial charge in [0.15, 0.2) is 0 Å². The molecule has 0 aliphatic carbocycles. The lowest BCUT2D eigenvalue weighted by Gasteiger charge is -2.44. The van der Waals surface area contributed by atoms with Gasteiger partial charge in [0, 0.05) is 31.9 Å². The molecule has 2 saturated heterocycles. The molecule has 162 valence electrons. The van der Waals surface area contributed by atoms with Crippen molar-refractivity contribution in [3.05, 3.63) is 70.1 Å². The Balaban J connectivity index is 1.28. The maximum atomic E-state index is 12.9. The lowest BCUT2D eigenvalue weighted by Crippen LogP contribution is -2.69. The van der Waals surface area contributed by atoms with Crippen LogP contribution in [0, 0.1) is 20.8 Å². The third-order valence-electron chi connectivity index (χ3n) is 6.62. The minimum absolute atomic E-state index is 0.0449. The number of benzene rings is 2. The maximum absolute atomic E-state index is 12.9. The van der Waals surface area contributed by atoms with Gasteiger partial charge in [0.05, 0.1) is 6.04 Å². The zero-order valence-corrected chi connectivity index (χ0v) is 19.2. The molecule has 0 radical (unpaired) electrons. The molecular formula is C25H30N4OS. The number of amides is 1. The number of carbonyl (C=O) groups is 1. The van der Waals surface area contributed by atoms with Gasteiger partial charge < -0.3 is 10.2 Å². The second-order valence-corrected chi connectivity index (χ2v) is 9.88. The van der Waals surface area contributed by atoms with Gasteiger partial charge in [-0.05, 0) is 54.5 Å². The molecule has 0 saturated carbocycles. The lowest BCUT2D eigenvalue weighted by molar-refractivity contribution is -0.125. The molecule has 6 heteroatoms. The standard InChI is InChI=1S/C25H30N4OS/c1-16-5-8-19(9-6-16)20-15-31-23-22(20)26-25(27-24(23)30)29-12-10-28(11-13-29)21-14-17(2)4-7-18(21)3/h4-9,14-15,22-23,25-26H,10-13H2,1-3H3,(H,27,30). The highest BCUT2D eigenvalue weighted by Gasteiger charge is 2.43. The summed E-state index contributed by atoms with van der Waals surface area (Å²) in [6.07, 6.45) is -0.123. The van der Waals surface area contributed by atoms with Gasteiger partial charge in [-0.25, -0.2) is 0 Å². The highest BCUT2D eigenvalue weighted by Crippen LogP contribution is 2.38. The number of carbonyl (C=O) groups excluding carboxylic acids is 1. The number of aryl methyl sites for hydroxylation is 3. The first-order valence-corrected chi connectivity index (χ1v) is 12.0. The van der Waals surface area contributed by atoms with E-state index in [0.29, 0.717) is 0 Å². The van der Waals surface area contributed by atoms with Crippen LogP contribution in [0.5, 0.6) is 0 Å². The molecule has 1 amide bonds. The normalized spacial score (nSPS) is 26.4. The smallest absolute Gasteiger partial charge is 0.237 e. The molecule has 0 spiro atoms. The van der Waals surface area contributed by atoms with E-state index >= 15 is 0 Å². The Morgan fingerprint density at radius 1 is 0.935 bits per heavy atom. The van der Waals surface area contributed by atoms with Crippen molar-refractivity contribution in [2.75, 3.05) is 31.1 Å². The Hall–Kier alpha value is -2.28. The van der Waals surface area contributed by atoms with E-state index in [-0.39, 0.29) is 23.5 Å². The van der Waals surface area contributed by atoms with Crippen LogP contribution < -0.4 is 15.5 Å². The molecule has 3 aliphatic rings. The predicted molar refractivity (Wildman–Crippen MR) is 129 cm³/mol. The van der Waals surface area contributed by atoms with Gasteiger partial charge in [-0.15, -0.1) is 11.8 Å². The number of nitrogens with one attached hydrogen (secondary N) is 2. The number of thioether (sulfide) groups is 1. The van der Waals surface area contributed by atoms with E-state index < -0.39 is 0 Å². The second-order valence-electron chi connectivity index (χ2n) is 8.86. The zero-order valence-electron chi connectivity index (χ0n) is 18.4. The fraction of sp³-hybridized carbons (Fsp3) is 0.400. The van der Waals surface area contributed by atoms with Crippen LogP contribution in [-0.2, 0) is 4.79 Å². The van der Waals surface area contributed by atoms with Crippen molar-refractivity contribution in [2.45, 2.75) is 38.4 Å². The lowest BCUT2D eigenvalue weighted by atomic mass is 9.95. The molecule has 0 bridgehead atoms. The average molecular weight is 435 g/mol. The number of hydrogen-bond donors (Lipinski definition) is 2. The summed E-state index contributed by atoms with van der Waals surface area (Å²) in [6, 6.07) is 15.3. The highest BCUT2D eigenvalue weighted by molar-refractivity contribution is 8.04. The second kappa shape index (κ2) is 8.34. The maximum Gasteiger partial charge on any atom is 0.237 e. The fourth-order valence-corrected chi connectivity index (χ4v) is 5.90. The molecular weight excluding hydrogens is 404 g/mol. The zero-order chi connectivity index (χ0) is 21.5. The van der Waals surface area contributed by atoms with Crippen molar-refractivity contribution in [3.63, 3.8) is 0 Å². The third-order valence-corrected chi connectivity index (χ3v) is 7.79. The molecule has 0 aromatic heterocycles. The SMILES string of the molecule is Cc1ccc(C2=CSC3C(=O)NC(N4CCN(c5cc(C)ccc5C)CC4)NC23)cc1. The third kappa shape index (κ3) is 4.00. The molecule has 2 fully saturated rings. The van der Waals surface area contributed by atoms with Crippen molar-refractivity contribution in [3.8, 4) is 0 Å². The molecule has 31 heavy (non-hydrogen) atoms. The topological polar surface area (TPSA) is 47.6 Å². The van der Waals surface area contributed by atoms with E-state index in [9.17, 15) is 4.79 Å². The van der Waals surface area contributed by atoms with Crippen LogP contribution in [0.1, 0.15) is 22.3 Å². The molecule has 3 heterocycles. The summed E-state index contributed by atoms with van der Waals surface area (Å²) >= 11 is 1.63. The number of nitrogens with zero attached hydrogens (tertiary/aromatic N) is 2. The van der Waals surface area contributed by atoms with E-state index in [4.69, 9.17) is 0 Å². The van der Waals surface area contributed by atoms with Crippen LogP contribution >= 0.6 is 11.8 Å². The number of fused-ring (bicyclic) bond motifs is 1. The average Bonchev–Trinajstić information content (AvgIpc) is 3.21. The van der Waals surface area contributed by atoms with Crippen molar-refractivity contribution in [1.29, 1.82) is 0 Å². The van der Waals surface area contributed by atoms with Gasteiger partial charge in [0.2, 0.25) is 5.91 Å². The van der Waals surface area contributed by atoms with Gasteiger partial charge in [-0.1, -0.05) is 42.0 Å². The number of piperazine rings is 1. The monoisotopic (exact) mass is 434 g/mol. The van der Waals surface area contributed by atoms with Crippen LogP contribution in [0.3, 0.4) is 0 Å². The first kappa shape index (κ1) is 20.6. The fourth-order valence-electron chi connectivity index (χ4n) is 4.75. The van der Waals surface area contributed by atoms with Gasteiger partial charge in [0.25, 0.3) is 0 Å². The van der Waals surface area contributed by atoms with Crippen LogP contribution in [0.4, 0.5) is 5.69 Å². The number of hydrogen-bond acceptors (Lipinski definition) is 5. The minimum atomic E-state index is -0.123. The summed E-state index contributed by atoms with van der Waals surface area (Å²) in [5.41, 5.74) is 7.62. The molecule has 2 N–H and O–H groups in total. The molecule has 2 aromatic carbocycles. The van der Waals surface area contributed by atoms with E-state index in [2.05, 4.69) is 89.1 Å². The van der Waals surface area contributed by atoms with Crippen molar-refractivity contribution >= 4 is 28.9 Å². The number of rotatable bonds is 3. The summed E-state index contributed by atoms with van der Waals surface area (Å²) in [5.74, 6) is 0.133. The van der Waals surface area contributed by atoms with E-state index in [1.807, 2.05) is 0 Å². The molecule has 5 rings (SSSR count). The summed E-state index contributed by atoms with van der Waals surface area (Å²) < 4.78 is 0. The van der Waals surface area contributed by atoms with Crippen LogP contribution in [0.15, 0.2) is 47.9 Å². The van der Waals surface area contributed by atoms with Gasteiger partial charge in [-0.2, -0.15) is 0 Å².